The van der Waals surface area contributed by atoms with Gasteiger partial charge in [0.05, 0.1) is 26.4 Å². The van der Waals surface area contributed by atoms with Gasteiger partial charge in [0.25, 0.3) is 5.91 Å². The molecule has 39 heavy (non-hydrogen) atoms. The molecule has 0 saturated carbocycles. The fraction of sp³-hybridized carbons (Fsp3) is 0.429. The Morgan fingerprint density at radius 3 is 2.33 bits per heavy atom. The van der Waals surface area contributed by atoms with Crippen molar-refractivity contribution in [2.75, 3.05) is 55.5 Å². The molecule has 6 N–H and O–H groups in total. The lowest BCUT2D eigenvalue weighted by Crippen LogP contribution is -2.27. The van der Waals surface area contributed by atoms with Crippen LogP contribution < -0.4 is 27.0 Å². The van der Waals surface area contributed by atoms with Gasteiger partial charge in [0.15, 0.2) is 0 Å². The Kier molecular flexibility index (Phi) is 12.9. The third kappa shape index (κ3) is 10.8. The molecule has 1 aromatic heterocycles. The summed E-state index contributed by atoms with van der Waals surface area (Å²) in [6, 6.07) is 17.5. The predicted octanol–water partition coefficient (Wildman–Crippen LogP) is 3.55. The van der Waals surface area contributed by atoms with E-state index in [0.29, 0.717) is 75.2 Å². The molecule has 0 atom stereocenters. The highest BCUT2D eigenvalue weighted by Gasteiger charge is 2.12. The lowest BCUT2D eigenvalue weighted by atomic mass is 10.2. The van der Waals surface area contributed by atoms with E-state index in [0.717, 1.165) is 18.4 Å². The third-order valence-electron chi connectivity index (χ3n) is 5.79. The second-order valence-corrected chi connectivity index (χ2v) is 8.78. The zero-order valence-electron chi connectivity index (χ0n) is 22.8. The van der Waals surface area contributed by atoms with Crippen LogP contribution in [0.5, 0.6) is 0 Å². The van der Waals surface area contributed by atoms with Crippen molar-refractivity contribution in [3.63, 3.8) is 0 Å². The summed E-state index contributed by atoms with van der Waals surface area (Å²) in [5, 5.41) is 12.8. The van der Waals surface area contributed by atoms with Gasteiger partial charge in [-0.1, -0.05) is 50.2 Å². The molecule has 0 radical (unpaired) electrons. The van der Waals surface area contributed by atoms with Crippen molar-refractivity contribution in [3.05, 3.63) is 65.7 Å². The topological polar surface area (TPSA) is 148 Å². The van der Waals surface area contributed by atoms with E-state index in [1.54, 1.807) is 12.1 Å². The number of benzene rings is 2. The number of hydrogen-bond donors (Lipinski definition) is 5. The average Bonchev–Trinajstić information content (AvgIpc) is 2.96. The summed E-state index contributed by atoms with van der Waals surface area (Å²) >= 11 is 0. The maximum Gasteiger partial charge on any atom is 0.251 e. The number of nitrogens with two attached hydrogens (primary N) is 1. The van der Waals surface area contributed by atoms with Crippen molar-refractivity contribution in [1.82, 2.24) is 20.3 Å². The first-order valence-electron chi connectivity index (χ1n) is 13.4. The molecule has 0 aliphatic rings. The maximum absolute atomic E-state index is 12.6. The van der Waals surface area contributed by atoms with Crippen LogP contribution >= 0.6 is 0 Å². The van der Waals surface area contributed by atoms with Gasteiger partial charge < -0.3 is 36.5 Å². The normalized spacial score (nSPS) is 10.9. The molecule has 0 saturated heterocycles. The average molecular weight is 537 g/mol. The summed E-state index contributed by atoms with van der Waals surface area (Å²) in [6.45, 7) is 7.54. The van der Waals surface area contributed by atoms with Crippen LogP contribution in [0.15, 0.2) is 54.6 Å². The lowest BCUT2D eigenvalue weighted by molar-refractivity contribution is 0.0511. The molecule has 3 rings (SSSR count). The molecule has 0 fully saturated rings. The van der Waals surface area contributed by atoms with Gasteiger partial charge in [0.1, 0.15) is 0 Å². The fourth-order valence-electron chi connectivity index (χ4n) is 3.64. The second-order valence-electron chi connectivity index (χ2n) is 8.78. The molecule has 0 bridgehead atoms. The Balaban J connectivity index is 1.63. The highest BCUT2D eigenvalue weighted by Crippen LogP contribution is 2.19. The minimum Gasteiger partial charge on any atom is -0.378 e. The smallest absolute Gasteiger partial charge is 0.251 e. The van der Waals surface area contributed by atoms with Gasteiger partial charge >= 0.3 is 0 Å². The highest BCUT2D eigenvalue weighted by molar-refractivity contribution is 5.95. The Morgan fingerprint density at radius 1 is 0.872 bits per heavy atom. The number of nitrogens with one attached hydrogen (secondary N) is 4. The molecule has 3 aromatic rings. The molecule has 0 unspecified atom stereocenters. The van der Waals surface area contributed by atoms with Gasteiger partial charge in [-0.05, 0) is 36.6 Å². The summed E-state index contributed by atoms with van der Waals surface area (Å²) in [6.07, 6.45) is 1.89. The number of carbonyl (C=O) groups excluding carboxylic acids is 1. The van der Waals surface area contributed by atoms with Crippen molar-refractivity contribution in [3.8, 4) is 0 Å². The quantitative estimate of drug-likeness (QED) is 0.153. The summed E-state index contributed by atoms with van der Waals surface area (Å²) in [5.74, 6) is 1.11. The van der Waals surface area contributed by atoms with Crippen LogP contribution in [0, 0.1) is 0 Å². The first kappa shape index (κ1) is 29.8. The molecule has 2 aromatic carbocycles. The van der Waals surface area contributed by atoms with Gasteiger partial charge in [0, 0.05) is 36.9 Å². The van der Waals surface area contributed by atoms with Gasteiger partial charge in [0.2, 0.25) is 17.8 Å². The summed E-state index contributed by atoms with van der Waals surface area (Å²) in [7, 11) is 0. The van der Waals surface area contributed by atoms with Crippen molar-refractivity contribution in [2.24, 2.45) is 5.73 Å². The molecule has 0 spiro atoms. The van der Waals surface area contributed by atoms with E-state index in [-0.39, 0.29) is 11.9 Å². The maximum atomic E-state index is 12.6. The van der Waals surface area contributed by atoms with E-state index in [4.69, 9.17) is 15.2 Å². The molecule has 1 heterocycles. The van der Waals surface area contributed by atoms with E-state index in [2.05, 4.69) is 50.1 Å². The van der Waals surface area contributed by atoms with Crippen molar-refractivity contribution >= 4 is 29.4 Å². The summed E-state index contributed by atoms with van der Waals surface area (Å²) in [4.78, 5) is 26.3. The largest absolute Gasteiger partial charge is 0.378 e. The standard InChI is InChI=1S/C28H40N8O3/c1-3-23(4-2)32-27-34-26(31-20-21-9-6-5-7-10-21)35-28(36-27)33-24-12-8-11-22(19-24)25(37)30-14-16-39-18-17-38-15-13-29/h5-12,19,23H,3-4,13-18,20,29H2,1-2H3,(H,30,37)(H3,31,32,33,34,35,36). The Labute approximate surface area is 230 Å². The lowest BCUT2D eigenvalue weighted by Gasteiger charge is -2.16. The molecule has 0 aliphatic carbocycles. The van der Waals surface area contributed by atoms with Crippen LogP contribution in [0.4, 0.5) is 23.5 Å². The van der Waals surface area contributed by atoms with Crippen molar-refractivity contribution < 1.29 is 14.3 Å². The van der Waals surface area contributed by atoms with Crippen molar-refractivity contribution in [2.45, 2.75) is 39.3 Å². The van der Waals surface area contributed by atoms with Gasteiger partial charge in [-0.2, -0.15) is 15.0 Å². The van der Waals surface area contributed by atoms with Crippen LogP contribution in [-0.2, 0) is 16.0 Å². The second kappa shape index (κ2) is 16.9. The molecule has 1 amide bonds. The van der Waals surface area contributed by atoms with Gasteiger partial charge in [-0.3, -0.25) is 4.79 Å². The van der Waals surface area contributed by atoms with E-state index >= 15 is 0 Å². The number of nitrogens with zero attached hydrogens (tertiary/aromatic N) is 3. The SMILES string of the molecule is CCC(CC)Nc1nc(NCc2ccccc2)nc(Nc2cccc(C(=O)NCCOCCOCCN)c2)n1. The molecular formula is C28H40N8O3. The molecule has 0 aliphatic heterocycles. The Bertz CT molecular complexity index is 1130. The van der Waals surface area contributed by atoms with E-state index in [1.165, 1.54) is 0 Å². The highest BCUT2D eigenvalue weighted by atomic mass is 16.5. The van der Waals surface area contributed by atoms with E-state index < -0.39 is 0 Å². The van der Waals surface area contributed by atoms with Gasteiger partial charge in [-0.25, -0.2) is 0 Å². The monoisotopic (exact) mass is 536 g/mol. The zero-order chi connectivity index (χ0) is 27.7. The number of hydrogen-bond acceptors (Lipinski definition) is 10. The molecule has 210 valence electrons. The summed E-state index contributed by atoms with van der Waals surface area (Å²) < 4.78 is 10.7. The fourth-order valence-corrected chi connectivity index (χ4v) is 3.64. The minimum atomic E-state index is -0.196. The first-order valence-corrected chi connectivity index (χ1v) is 13.4. The Hall–Kier alpha value is -3.80. The number of amides is 1. The molecule has 11 nitrogen and oxygen atoms in total. The van der Waals surface area contributed by atoms with Crippen molar-refractivity contribution in [1.29, 1.82) is 0 Å². The first-order chi connectivity index (χ1) is 19.1. The number of carbonyl (C=O) groups is 1. The predicted molar refractivity (Wildman–Crippen MR) is 154 cm³/mol. The summed E-state index contributed by atoms with van der Waals surface area (Å²) in [5.41, 5.74) is 7.69. The number of anilines is 4. The Morgan fingerprint density at radius 2 is 1.59 bits per heavy atom. The van der Waals surface area contributed by atoms with Crippen LogP contribution in [0.3, 0.4) is 0 Å². The number of rotatable bonds is 18. The number of aromatic nitrogens is 3. The zero-order valence-corrected chi connectivity index (χ0v) is 22.8. The van der Waals surface area contributed by atoms with Crippen LogP contribution in [0.25, 0.3) is 0 Å². The third-order valence-corrected chi connectivity index (χ3v) is 5.79. The molecular weight excluding hydrogens is 496 g/mol. The van der Waals surface area contributed by atoms with Gasteiger partial charge in [-0.15, -0.1) is 0 Å². The van der Waals surface area contributed by atoms with E-state index in [1.807, 2.05) is 42.5 Å². The van der Waals surface area contributed by atoms with Crippen LogP contribution in [0.2, 0.25) is 0 Å². The molecule has 11 heteroatoms. The minimum absolute atomic E-state index is 0.196. The van der Waals surface area contributed by atoms with Crippen LogP contribution in [-0.4, -0.2) is 66.4 Å². The van der Waals surface area contributed by atoms with E-state index in [9.17, 15) is 4.79 Å². The number of ether oxygens (including phenoxy) is 2. The van der Waals surface area contributed by atoms with Crippen LogP contribution in [0.1, 0.15) is 42.6 Å².